The van der Waals surface area contributed by atoms with E-state index in [1.807, 2.05) is 0 Å². The van der Waals surface area contributed by atoms with Gasteiger partial charge in [-0.1, -0.05) is 238 Å². The van der Waals surface area contributed by atoms with Crippen molar-refractivity contribution >= 4 is 19.6 Å². The predicted molar refractivity (Wildman–Crippen MR) is 298 cm³/mol. The molecular weight excluding hydrogens is 936 g/mol. The maximum Gasteiger partial charge on any atom is 0.325 e. The lowest BCUT2D eigenvalue weighted by Crippen LogP contribution is -2.63. The molecule has 0 radical (unpaired) electrons. The van der Waals surface area contributed by atoms with Crippen LogP contribution in [0, 0.1) is 0 Å². The summed E-state index contributed by atoms with van der Waals surface area (Å²) in [5.74, 6) is 0. The Morgan fingerprint density at radius 1 is 0.451 bits per heavy atom. The normalized spacial score (nSPS) is 20.6. The Balaban J connectivity index is 2.65. The van der Waals surface area contributed by atoms with Crippen LogP contribution in [0.3, 0.4) is 0 Å². The van der Waals surface area contributed by atoms with E-state index in [2.05, 4.69) is 26.0 Å². The summed E-state index contributed by atoms with van der Waals surface area (Å²) in [4.78, 5) is 18.0. The second-order valence-corrected chi connectivity index (χ2v) is 24.3. The minimum Gasteiger partial charge on any atom is -0.387 e. The molecule has 71 heavy (non-hydrogen) atoms. The molecule has 0 aromatic heterocycles. The van der Waals surface area contributed by atoms with Crippen LogP contribution in [0.15, 0.2) is 12.2 Å². The molecule has 0 saturated heterocycles. The van der Waals surface area contributed by atoms with Crippen LogP contribution in [0.5, 0.6) is 0 Å². The van der Waals surface area contributed by atoms with Crippen molar-refractivity contribution in [2.45, 2.75) is 331 Å². The molecule has 0 bridgehead atoms. The van der Waals surface area contributed by atoms with E-state index in [1.54, 1.807) is 0 Å². The Morgan fingerprint density at radius 2 is 0.803 bits per heavy atom. The summed E-state index contributed by atoms with van der Waals surface area (Å²) in [5, 5.41) is 52.4. The van der Waals surface area contributed by atoms with E-state index in [4.69, 9.17) is 23.4 Å². The van der Waals surface area contributed by atoms with E-state index in [0.717, 1.165) is 96.3 Å². The molecule has 1 rings (SSSR count). The Morgan fingerprint density at radius 3 is 1.23 bits per heavy atom. The van der Waals surface area contributed by atoms with Crippen LogP contribution in [-0.4, -0.2) is 109 Å². The molecule has 0 amide bonds. The van der Waals surface area contributed by atoms with Gasteiger partial charge >= 0.3 is 7.60 Å². The van der Waals surface area contributed by atoms with Crippen LogP contribution in [0.1, 0.15) is 284 Å². The lowest BCUT2D eigenvalue weighted by molar-refractivity contribution is -0.214. The zero-order valence-corrected chi connectivity index (χ0v) is 47.6. The standard InChI is InChI=1S/C58H115O11PS/c1-3-5-7-9-11-13-15-17-22-26-30-34-38-42-46-67-50-51(68-47-43-39-35-31-27-23-18-16-14-12-10-8-6-4-2)49-52(71-69-58-56(62)54(60)53(59)55(61)57(58)63)45-41-37-33-29-25-21-19-20-24-28-32-36-40-44-48-70(64,65)66/h19,21,51-63H,3-18,20,22-50H2,1-2H3,(H2,64,65,66)/b21-19-/t51?,52?,53-,54-,55+,56-,57-,58-/m0/s1. The molecule has 424 valence electrons. The SMILES string of the molecule is CCCCCCCCCCCCCCCCOCC(CC(CCCCCC/C=C\CCCCCCCCP(=O)(O)O)SO[C@@H]1[C@@H](O)[C@H](O)[C@@H](O)[C@H](O)[C@@H]1O)OCCCCCCCCCCCCCCCC. The maximum atomic E-state index is 11.0. The summed E-state index contributed by atoms with van der Waals surface area (Å²) in [6.45, 7) is 6.44. The van der Waals surface area contributed by atoms with Crippen LogP contribution in [-0.2, 0) is 18.2 Å². The number of allylic oxidation sites excluding steroid dienone is 2. The van der Waals surface area contributed by atoms with Crippen molar-refractivity contribution < 1.29 is 53.5 Å². The third kappa shape index (κ3) is 41.7. The molecule has 0 spiro atoms. The topological polar surface area (TPSA) is 186 Å². The number of aliphatic hydroxyl groups is 5. The summed E-state index contributed by atoms with van der Waals surface area (Å²) < 4.78 is 30.0. The van der Waals surface area contributed by atoms with E-state index in [1.165, 1.54) is 173 Å². The Hall–Kier alpha value is -0.0800. The number of rotatable bonds is 54. The summed E-state index contributed by atoms with van der Waals surface area (Å²) in [6.07, 6.45) is 45.7. The lowest BCUT2D eigenvalue weighted by atomic mass is 9.85. The molecule has 13 heteroatoms. The molecule has 1 aliphatic carbocycles. The minimum atomic E-state index is -3.86. The zero-order valence-electron chi connectivity index (χ0n) is 45.9. The Kier molecular flexibility index (Phi) is 48.0. The van der Waals surface area contributed by atoms with E-state index in [9.17, 15) is 30.1 Å². The van der Waals surface area contributed by atoms with Gasteiger partial charge in [-0.2, -0.15) is 0 Å². The van der Waals surface area contributed by atoms with Crippen molar-refractivity contribution in [2.75, 3.05) is 26.0 Å². The molecule has 0 aromatic carbocycles. The maximum absolute atomic E-state index is 11.0. The summed E-state index contributed by atoms with van der Waals surface area (Å²) in [5.41, 5.74) is 0. The number of unbranched alkanes of at least 4 members (excludes halogenated alkanes) is 36. The molecule has 8 atom stereocenters. The Labute approximate surface area is 441 Å². The van der Waals surface area contributed by atoms with Crippen molar-refractivity contribution in [2.24, 2.45) is 0 Å². The molecule has 11 nitrogen and oxygen atoms in total. The fourth-order valence-electron chi connectivity index (χ4n) is 9.81. The van der Waals surface area contributed by atoms with Crippen molar-refractivity contribution in [3.8, 4) is 0 Å². The van der Waals surface area contributed by atoms with Gasteiger partial charge in [0.1, 0.15) is 36.6 Å². The number of aliphatic hydroxyl groups excluding tert-OH is 5. The van der Waals surface area contributed by atoms with Crippen molar-refractivity contribution in [1.29, 1.82) is 0 Å². The average Bonchev–Trinajstić information content (AvgIpc) is 3.35. The largest absolute Gasteiger partial charge is 0.387 e. The number of ether oxygens (including phenoxy) is 2. The molecule has 1 fully saturated rings. The van der Waals surface area contributed by atoms with Crippen molar-refractivity contribution in [3.05, 3.63) is 12.2 Å². The second-order valence-electron chi connectivity index (χ2n) is 21.5. The molecule has 0 aliphatic heterocycles. The highest BCUT2D eigenvalue weighted by molar-refractivity contribution is 7.95. The summed E-state index contributed by atoms with van der Waals surface area (Å²) in [7, 11) is -3.86. The molecule has 1 aliphatic rings. The van der Waals surface area contributed by atoms with E-state index < -0.39 is 44.2 Å². The van der Waals surface area contributed by atoms with Crippen molar-refractivity contribution in [1.82, 2.24) is 0 Å². The van der Waals surface area contributed by atoms with Gasteiger partial charge in [-0.3, -0.25) is 4.57 Å². The highest BCUT2D eigenvalue weighted by Crippen LogP contribution is 2.36. The first-order valence-electron chi connectivity index (χ1n) is 30.1. The summed E-state index contributed by atoms with van der Waals surface area (Å²) >= 11 is 1.18. The monoisotopic (exact) mass is 1050 g/mol. The Bertz CT molecular complexity index is 1180. The fourth-order valence-corrected chi connectivity index (χ4v) is 11.5. The van der Waals surface area contributed by atoms with Gasteiger partial charge in [0.15, 0.2) is 0 Å². The molecule has 7 N–H and O–H groups in total. The molecule has 0 heterocycles. The van der Waals surface area contributed by atoms with Crippen LogP contribution < -0.4 is 0 Å². The van der Waals surface area contributed by atoms with Crippen LogP contribution in [0.2, 0.25) is 0 Å². The fraction of sp³-hybridized carbons (Fsp3) is 0.966. The van der Waals surface area contributed by atoms with Gasteiger partial charge in [-0.15, -0.1) is 0 Å². The van der Waals surface area contributed by atoms with Crippen molar-refractivity contribution in [3.63, 3.8) is 0 Å². The lowest BCUT2D eigenvalue weighted by Gasteiger charge is -2.41. The van der Waals surface area contributed by atoms with E-state index >= 15 is 0 Å². The van der Waals surface area contributed by atoms with Gasteiger partial charge in [0.2, 0.25) is 0 Å². The second kappa shape index (κ2) is 49.5. The van der Waals surface area contributed by atoms with Gasteiger partial charge in [-0.05, 0) is 69.8 Å². The van der Waals surface area contributed by atoms with Gasteiger partial charge in [-0.25, -0.2) is 0 Å². The molecule has 1 saturated carbocycles. The number of hydrogen-bond donors (Lipinski definition) is 7. The van der Waals surface area contributed by atoms with Gasteiger partial charge in [0, 0.05) is 24.6 Å². The highest BCUT2D eigenvalue weighted by Gasteiger charge is 2.49. The van der Waals surface area contributed by atoms with Crippen LogP contribution in [0.25, 0.3) is 0 Å². The number of hydrogen-bond acceptors (Lipinski definition) is 10. The van der Waals surface area contributed by atoms with Crippen LogP contribution >= 0.6 is 19.6 Å². The zero-order chi connectivity index (χ0) is 51.9. The quantitative estimate of drug-likeness (QED) is 0.0132. The van der Waals surface area contributed by atoms with E-state index in [0.29, 0.717) is 32.7 Å². The minimum absolute atomic E-state index is 0.00573. The average molecular weight is 1050 g/mol. The van der Waals surface area contributed by atoms with Gasteiger partial charge in [0.25, 0.3) is 0 Å². The first-order chi connectivity index (χ1) is 34.5. The molecular formula is C58H115O11PS. The third-order valence-corrected chi connectivity index (χ3v) is 16.5. The van der Waals surface area contributed by atoms with Crippen LogP contribution in [0.4, 0.5) is 0 Å². The molecule has 2 unspecified atom stereocenters. The first-order valence-corrected chi connectivity index (χ1v) is 32.7. The summed E-state index contributed by atoms with van der Waals surface area (Å²) in [6, 6.07) is 0. The predicted octanol–water partition coefficient (Wildman–Crippen LogP) is 14.8. The first kappa shape index (κ1) is 68.9. The van der Waals surface area contributed by atoms with E-state index in [-0.39, 0.29) is 17.5 Å². The smallest absolute Gasteiger partial charge is 0.325 e. The third-order valence-electron chi connectivity index (χ3n) is 14.6. The highest BCUT2D eigenvalue weighted by atomic mass is 32.2. The van der Waals surface area contributed by atoms with Gasteiger partial charge in [0.05, 0.1) is 12.7 Å². The molecule has 0 aromatic rings. The van der Waals surface area contributed by atoms with Gasteiger partial charge < -0.3 is 49.0 Å².